The zero-order valence-corrected chi connectivity index (χ0v) is 18.4. The molecule has 0 aromatic heterocycles. The minimum absolute atomic E-state index is 0.511. The number of nitrogen functional groups attached to an aromatic ring is 1. The van der Waals surface area contributed by atoms with E-state index in [9.17, 15) is 9.90 Å². The average Bonchev–Trinajstić information content (AvgIpc) is 2.80. The number of thioether (sulfide) groups is 1. The molecule has 3 rings (SSSR count). The Morgan fingerprint density at radius 3 is 2.16 bits per heavy atom. The maximum Gasteiger partial charge on any atom is 0.336 e. The van der Waals surface area contributed by atoms with Gasteiger partial charge in [0.1, 0.15) is 17.2 Å². The monoisotopic (exact) mass is 439 g/mol. The molecule has 0 bridgehead atoms. The van der Waals surface area contributed by atoms with Gasteiger partial charge in [-0.05, 0) is 55.0 Å². The maximum absolute atomic E-state index is 12.1. The summed E-state index contributed by atoms with van der Waals surface area (Å²) >= 11 is 1.26. The van der Waals surface area contributed by atoms with E-state index in [0.717, 1.165) is 11.1 Å². The molecule has 0 unspecified atom stereocenters. The molecule has 7 heteroatoms. The van der Waals surface area contributed by atoms with Crippen LogP contribution in [0.25, 0.3) is 0 Å². The number of carbonyl (C=O) groups is 1. The number of hydrogen-bond donors (Lipinski definition) is 2. The van der Waals surface area contributed by atoms with Gasteiger partial charge in [-0.15, -0.1) is 11.8 Å². The van der Waals surface area contributed by atoms with Gasteiger partial charge in [0.2, 0.25) is 0 Å². The van der Waals surface area contributed by atoms with Gasteiger partial charge in [-0.1, -0.05) is 29.8 Å². The van der Waals surface area contributed by atoms with E-state index < -0.39 is 17.3 Å². The first-order valence-corrected chi connectivity index (χ1v) is 10.5. The highest BCUT2D eigenvalue weighted by molar-refractivity contribution is 7.99. The highest BCUT2D eigenvalue weighted by atomic mass is 32.2. The summed E-state index contributed by atoms with van der Waals surface area (Å²) in [6, 6.07) is 20.2. The molecule has 0 aliphatic carbocycles. The van der Waals surface area contributed by atoms with Gasteiger partial charge in [0.05, 0.1) is 19.5 Å². The van der Waals surface area contributed by atoms with Gasteiger partial charge in [0.15, 0.2) is 6.10 Å². The predicted molar refractivity (Wildman–Crippen MR) is 122 cm³/mol. The Labute approximate surface area is 185 Å². The number of rotatable bonds is 8. The summed E-state index contributed by atoms with van der Waals surface area (Å²) in [5, 5.41) is 10.00. The van der Waals surface area contributed by atoms with E-state index in [2.05, 4.69) is 0 Å². The molecule has 0 aliphatic rings. The Balaban J connectivity index is 1.90. The molecule has 0 aliphatic heterocycles. The number of aliphatic hydroxyl groups excluding tert-OH is 1. The molecule has 2 atom stereocenters. The van der Waals surface area contributed by atoms with Crippen LogP contribution in [0.1, 0.15) is 16.4 Å². The molecule has 6 nitrogen and oxygen atoms in total. The number of anilines is 1. The number of esters is 1. The number of aryl methyl sites for hydroxylation is 1. The molecule has 162 valence electrons. The van der Waals surface area contributed by atoms with Crippen molar-refractivity contribution >= 4 is 23.4 Å². The van der Waals surface area contributed by atoms with Gasteiger partial charge in [-0.3, -0.25) is 0 Å². The molecule has 31 heavy (non-hydrogen) atoms. The lowest BCUT2D eigenvalue weighted by molar-refractivity contribution is -0.150. The lowest BCUT2D eigenvalue weighted by Gasteiger charge is -2.22. The fourth-order valence-electron chi connectivity index (χ4n) is 2.91. The first-order chi connectivity index (χ1) is 14.9. The normalized spacial score (nSPS) is 12.6. The molecule has 0 amide bonds. The highest BCUT2D eigenvalue weighted by Gasteiger charge is 2.30. The largest absolute Gasteiger partial charge is 0.497 e. The van der Waals surface area contributed by atoms with Crippen molar-refractivity contribution in [3.05, 3.63) is 77.9 Å². The van der Waals surface area contributed by atoms with E-state index in [-0.39, 0.29) is 0 Å². The lowest BCUT2D eigenvalue weighted by atomic mass is 10.1. The summed E-state index contributed by atoms with van der Waals surface area (Å²) in [7, 11) is 2.82. The third-order valence-corrected chi connectivity index (χ3v) is 6.06. The number of methoxy groups -OCH3 is 2. The van der Waals surface area contributed by atoms with Gasteiger partial charge in [0.25, 0.3) is 0 Å². The van der Waals surface area contributed by atoms with Crippen molar-refractivity contribution in [3.63, 3.8) is 0 Å². The number of hydrogen-bond acceptors (Lipinski definition) is 7. The van der Waals surface area contributed by atoms with E-state index in [0.29, 0.717) is 27.8 Å². The van der Waals surface area contributed by atoms with Gasteiger partial charge in [-0.25, -0.2) is 4.79 Å². The molecular formula is C24H25NO5S. The van der Waals surface area contributed by atoms with Crippen LogP contribution in [-0.2, 0) is 9.53 Å². The smallest absolute Gasteiger partial charge is 0.336 e. The second-order valence-electron chi connectivity index (χ2n) is 6.89. The second kappa shape index (κ2) is 10.2. The Kier molecular flexibility index (Phi) is 7.44. The first kappa shape index (κ1) is 22.5. The summed E-state index contributed by atoms with van der Waals surface area (Å²) in [4.78, 5) is 12.8. The van der Waals surface area contributed by atoms with Crippen LogP contribution in [0.5, 0.6) is 17.2 Å². The zero-order valence-electron chi connectivity index (χ0n) is 17.6. The summed E-state index contributed by atoms with van der Waals surface area (Å²) in [6.07, 6.45) is -1.38. The zero-order chi connectivity index (χ0) is 22.4. The van der Waals surface area contributed by atoms with Crippen molar-refractivity contribution in [2.45, 2.75) is 23.2 Å². The van der Waals surface area contributed by atoms with Crippen molar-refractivity contribution in [3.8, 4) is 17.2 Å². The Morgan fingerprint density at radius 2 is 1.55 bits per heavy atom. The predicted octanol–water partition coefficient (Wildman–Crippen LogP) is 4.75. The number of carbonyl (C=O) groups excluding carboxylic acids is 1. The van der Waals surface area contributed by atoms with Gasteiger partial charge < -0.3 is 25.1 Å². The van der Waals surface area contributed by atoms with Crippen LogP contribution in [0.15, 0.2) is 71.6 Å². The van der Waals surface area contributed by atoms with Crippen molar-refractivity contribution in [1.29, 1.82) is 0 Å². The van der Waals surface area contributed by atoms with Crippen LogP contribution in [0.4, 0.5) is 5.69 Å². The van der Waals surface area contributed by atoms with E-state index in [1.807, 2.05) is 31.2 Å². The van der Waals surface area contributed by atoms with E-state index in [1.165, 1.54) is 18.9 Å². The van der Waals surface area contributed by atoms with Gasteiger partial charge in [-0.2, -0.15) is 0 Å². The summed E-state index contributed by atoms with van der Waals surface area (Å²) < 4.78 is 15.9. The minimum atomic E-state index is -1.38. The maximum atomic E-state index is 12.1. The highest BCUT2D eigenvalue weighted by Crippen LogP contribution is 2.42. The minimum Gasteiger partial charge on any atom is -0.497 e. The van der Waals surface area contributed by atoms with E-state index in [1.54, 1.807) is 49.6 Å². The number of aliphatic hydroxyl groups is 1. The molecular weight excluding hydrogens is 414 g/mol. The Hall–Kier alpha value is -3.16. The first-order valence-electron chi connectivity index (χ1n) is 9.62. The molecule has 3 aromatic carbocycles. The van der Waals surface area contributed by atoms with Gasteiger partial charge in [0, 0.05) is 10.6 Å². The molecule has 0 heterocycles. The second-order valence-corrected chi connectivity index (χ2v) is 8.08. The Morgan fingerprint density at radius 1 is 0.935 bits per heavy atom. The van der Waals surface area contributed by atoms with Crippen molar-refractivity contribution in [1.82, 2.24) is 0 Å². The standard InChI is InChI=1S/C24H25NO5S/c1-15-4-8-18(9-5-15)30-19-12-13-20(25)21(14-19)31-23(22(26)24(27)29-3)16-6-10-17(28-2)11-7-16/h4-14,22-23,26H,25H2,1-3H3/t22-,23+/m1/s1. The lowest BCUT2D eigenvalue weighted by Crippen LogP contribution is -2.27. The number of nitrogens with two attached hydrogens (primary N) is 1. The van der Waals surface area contributed by atoms with Crippen molar-refractivity contribution < 1.29 is 24.1 Å². The number of ether oxygens (including phenoxy) is 3. The summed E-state index contributed by atoms with van der Waals surface area (Å²) in [5.41, 5.74) is 8.57. The molecule has 0 spiro atoms. The quantitative estimate of drug-likeness (QED) is 0.297. The van der Waals surface area contributed by atoms with Crippen LogP contribution in [0.3, 0.4) is 0 Å². The SMILES string of the molecule is COC(=O)[C@H](O)[C@@H](Sc1cc(Oc2ccc(C)cc2)ccc1N)c1ccc(OC)cc1. The molecule has 0 radical (unpaired) electrons. The molecule has 3 N–H and O–H groups in total. The van der Waals surface area contributed by atoms with Crippen LogP contribution >= 0.6 is 11.8 Å². The summed E-state index contributed by atoms with van der Waals surface area (Å²) in [5.74, 6) is 1.25. The topological polar surface area (TPSA) is 91.0 Å². The van der Waals surface area contributed by atoms with E-state index in [4.69, 9.17) is 19.9 Å². The van der Waals surface area contributed by atoms with E-state index >= 15 is 0 Å². The summed E-state index contributed by atoms with van der Waals surface area (Å²) in [6.45, 7) is 2.01. The Bertz CT molecular complexity index is 1020. The fourth-order valence-corrected chi connectivity index (χ4v) is 4.11. The molecule has 0 fully saturated rings. The molecule has 3 aromatic rings. The van der Waals surface area contributed by atoms with Crippen LogP contribution < -0.4 is 15.2 Å². The molecule has 0 saturated heterocycles. The third-order valence-electron chi connectivity index (χ3n) is 4.67. The van der Waals surface area contributed by atoms with Crippen LogP contribution in [0.2, 0.25) is 0 Å². The number of benzene rings is 3. The average molecular weight is 440 g/mol. The van der Waals surface area contributed by atoms with Crippen LogP contribution in [-0.4, -0.2) is 31.4 Å². The molecule has 0 saturated carbocycles. The van der Waals surface area contributed by atoms with Gasteiger partial charge >= 0.3 is 5.97 Å². The van der Waals surface area contributed by atoms with Crippen LogP contribution in [0, 0.1) is 6.92 Å². The van der Waals surface area contributed by atoms with Crippen molar-refractivity contribution in [2.75, 3.05) is 20.0 Å². The third kappa shape index (κ3) is 5.71. The van der Waals surface area contributed by atoms with Crippen molar-refractivity contribution in [2.24, 2.45) is 0 Å². The fraction of sp³-hybridized carbons (Fsp3) is 0.208.